The van der Waals surface area contributed by atoms with E-state index in [1.807, 2.05) is 11.9 Å². The van der Waals surface area contributed by atoms with E-state index in [2.05, 4.69) is 45.9 Å². The first-order valence-electron chi connectivity index (χ1n) is 6.03. The highest BCUT2D eigenvalue weighted by Gasteiger charge is 2.16. The summed E-state index contributed by atoms with van der Waals surface area (Å²) in [5.41, 5.74) is 3.79. The van der Waals surface area contributed by atoms with Gasteiger partial charge in [0.2, 0.25) is 0 Å². The Balaban J connectivity index is 3.10. The van der Waals surface area contributed by atoms with Gasteiger partial charge < -0.3 is 4.90 Å². The molecule has 0 aliphatic carbocycles. The second-order valence-electron chi connectivity index (χ2n) is 5.81. The topological polar surface area (TPSA) is 20.3 Å². The molecule has 0 aromatic heterocycles. The molecule has 2 heteroatoms. The maximum atomic E-state index is 11.2. The summed E-state index contributed by atoms with van der Waals surface area (Å²) >= 11 is 0. The highest BCUT2D eigenvalue weighted by Crippen LogP contribution is 2.28. The summed E-state index contributed by atoms with van der Waals surface area (Å²) in [6.07, 6.45) is 0. The third-order valence-electron chi connectivity index (χ3n) is 2.95. The number of carbonyl (C=O) groups is 1. The maximum absolute atomic E-state index is 11.2. The molecule has 1 rings (SSSR count). The van der Waals surface area contributed by atoms with Crippen LogP contribution in [-0.4, -0.2) is 19.4 Å². The number of hydrogen-bond acceptors (Lipinski definition) is 2. The van der Waals surface area contributed by atoms with Crippen LogP contribution in [0.25, 0.3) is 0 Å². The van der Waals surface area contributed by atoms with Gasteiger partial charge in [-0.2, -0.15) is 0 Å². The fraction of sp³-hybridized carbons (Fsp3) is 0.533. The van der Waals surface area contributed by atoms with E-state index in [1.165, 1.54) is 11.1 Å². The molecule has 0 aliphatic rings. The van der Waals surface area contributed by atoms with Crippen LogP contribution >= 0.6 is 0 Å². The Morgan fingerprint density at radius 2 is 1.88 bits per heavy atom. The lowest BCUT2D eigenvalue weighted by atomic mass is 9.86. The molecule has 0 bridgehead atoms. The first-order chi connectivity index (χ1) is 7.71. The number of Topliss-reactive ketones (excluding diaryl/α,β-unsaturated/α-hetero) is 1. The molecule has 0 heterocycles. The quantitative estimate of drug-likeness (QED) is 0.798. The highest BCUT2D eigenvalue weighted by molar-refractivity contribution is 5.81. The minimum absolute atomic E-state index is 0.138. The molecule has 0 atom stereocenters. The molecule has 1 aromatic rings. The molecule has 1 aromatic carbocycles. The summed E-state index contributed by atoms with van der Waals surface area (Å²) in [7, 11) is 1.97. The SMILES string of the molecule is CC(=O)CN(C)c1cc(C(C)(C)C)ccc1C. The van der Waals surface area contributed by atoms with Crippen LogP contribution in [0.2, 0.25) is 0 Å². The van der Waals surface area contributed by atoms with Gasteiger partial charge in [0, 0.05) is 12.7 Å². The van der Waals surface area contributed by atoms with Crippen LogP contribution in [0.5, 0.6) is 0 Å². The second-order valence-corrected chi connectivity index (χ2v) is 5.81. The molecule has 0 N–H and O–H groups in total. The summed E-state index contributed by atoms with van der Waals surface area (Å²) in [6.45, 7) is 10.8. The fourth-order valence-electron chi connectivity index (χ4n) is 1.91. The van der Waals surface area contributed by atoms with Gasteiger partial charge >= 0.3 is 0 Å². The van der Waals surface area contributed by atoms with Crippen molar-refractivity contribution in [2.24, 2.45) is 0 Å². The molecule has 2 nitrogen and oxygen atoms in total. The first kappa shape index (κ1) is 13.8. The van der Waals surface area contributed by atoms with Gasteiger partial charge in [-0.05, 0) is 36.5 Å². The Morgan fingerprint density at radius 1 is 1.29 bits per heavy atom. The predicted molar refractivity (Wildman–Crippen MR) is 73.8 cm³/mol. The van der Waals surface area contributed by atoms with Gasteiger partial charge in [0.1, 0.15) is 5.78 Å². The van der Waals surface area contributed by atoms with Gasteiger partial charge in [-0.1, -0.05) is 32.9 Å². The van der Waals surface area contributed by atoms with Gasteiger partial charge in [0.25, 0.3) is 0 Å². The molecule has 0 unspecified atom stereocenters. The van der Waals surface area contributed by atoms with Crippen LogP contribution in [0.3, 0.4) is 0 Å². The van der Waals surface area contributed by atoms with Crippen molar-refractivity contribution in [3.8, 4) is 0 Å². The third kappa shape index (κ3) is 3.58. The van der Waals surface area contributed by atoms with Crippen LogP contribution in [0.15, 0.2) is 18.2 Å². The predicted octanol–water partition coefficient (Wildman–Crippen LogP) is 3.32. The van der Waals surface area contributed by atoms with Gasteiger partial charge in [0.15, 0.2) is 0 Å². The van der Waals surface area contributed by atoms with Crippen molar-refractivity contribution in [3.63, 3.8) is 0 Å². The molecule has 0 saturated heterocycles. The monoisotopic (exact) mass is 233 g/mol. The number of ketones is 1. The minimum Gasteiger partial charge on any atom is -0.367 e. The average molecular weight is 233 g/mol. The van der Waals surface area contributed by atoms with Crippen LogP contribution < -0.4 is 4.90 Å². The van der Waals surface area contributed by atoms with E-state index < -0.39 is 0 Å². The molecule has 0 aliphatic heterocycles. The van der Waals surface area contributed by atoms with Crippen molar-refractivity contribution in [3.05, 3.63) is 29.3 Å². The van der Waals surface area contributed by atoms with E-state index >= 15 is 0 Å². The molecule has 17 heavy (non-hydrogen) atoms. The molecular formula is C15H23NO. The van der Waals surface area contributed by atoms with Gasteiger partial charge in [-0.3, -0.25) is 4.79 Å². The minimum atomic E-state index is 0.138. The van der Waals surface area contributed by atoms with E-state index in [1.54, 1.807) is 6.92 Å². The van der Waals surface area contributed by atoms with Crippen molar-refractivity contribution in [1.82, 2.24) is 0 Å². The Morgan fingerprint density at radius 3 is 2.35 bits per heavy atom. The first-order valence-corrected chi connectivity index (χ1v) is 6.03. The smallest absolute Gasteiger partial charge is 0.149 e. The number of benzene rings is 1. The molecule has 0 fully saturated rings. The van der Waals surface area contributed by atoms with Crippen molar-refractivity contribution in [1.29, 1.82) is 0 Å². The van der Waals surface area contributed by atoms with Crippen LogP contribution in [0.4, 0.5) is 5.69 Å². The van der Waals surface area contributed by atoms with E-state index in [-0.39, 0.29) is 11.2 Å². The summed E-state index contributed by atoms with van der Waals surface area (Å²) in [5.74, 6) is 0.188. The highest BCUT2D eigenvalue weighted by atomic mass is 16.1. The number of rotatable bonds is 3. The Kier molecular flexibility index (Phi) is 3.97. The van der Waals surface area contributed by atoms with E-state index in [9.17, 15) is 4.79 Å². The lowest BCUT2D eigenvalue weighted by Gasteiger charge is -2.25. The number of nitrogens with zero attached hydrogens (tertiary/aromatic N) is 1. The van der Waals surface area contributed by atoms with E-state index in [0.29, 0.717) is 6.54 Å². The van der Waals surface area contributed by atoms with E-state index in [0.717, 1.165) is 5.69 Å². The summed E-state index contributed by atoms with van der Waals surface area (Å²) in [5, 5.41) is 0. The maximum Gasteiger partial charge on any atom is 0.149 e. The largest absolute Gasteiger partial charge is 0.367 e. The molecule has 0 saturated carbocycles. The molecular weight excluding hydrogens is 210 g/mol. The average Bonchev–Trinajstić information content (AvgIpc) is 2.15. The number of aryl methyl sites for hydroxylation is 1. The molecule has 0 radical (unpaired) electrons. The fourth-order valence-corrected chi connectivity index (χ4v) is 1.91. The van der Waals surface area contributed by atoms with Crippen LogP contribution in [0.1, 0.15) is 38.8 Å². The lowest BCUT2D eigenvalue weighted by molar-refractivity contribution is -0.115. The number of carbonyl (C=O) groups excluding carboxylic acids is 1. The van der Waals surface area contributed by atoms with Crippen molar-refractivity contribution < 1.29 is 4.79 Å². The Hall–Kier alpha value is -1.31. The summed E-state index contributed by atoms with van der Waals surface area (Å²) in [6, 6.07) is 6.49. The van der Waals surface area contributed by atoms with Gasteiger partial charge in [-0.15, -0.1) is 0 Å². The number of hydrogen-bond donors (Lipinski definition) is 0. The zero-order valence-electron chi connectivity index (χ0n) is 11.8. The zero-order chi connectivity index (χ0) is 13.2. The third-order valence-corrected chi connectivity index (χ3v) is 2.95. The number of anilines is 1. The lowest BCUT2D eigenvalue weighted by Crippen LogP contribution is -2.25. The Bertz CT molecular complexity index is 415. The van der Waals surface area contributed by atoms with Crippen LogP contribution in [-0.2, 0) is 10.2 Å². The van der Waals surface area contributed by atoms with E-state index in [4.69, 9.17) is 0 Å². The summed E-state index contributed by atoms with van der Waals surface area (Å²) in [4.78, 5) is 13.2. The van der Waals surface area contributed by atoms with Gasteiger partial charge in [-0.25, -0.2) is 0 Å². The Labute approximate surface area is 105 Å². The van der Waals surface area contributed by atoms with Gasteiger partial charge in [0.05, 0.1) is 6.54 Å². The van der Waals surface area contributed by atoms with Crippen molar-refractivity contribution >= 4 is 11.5 Å². The number of likely N-dealkylation sites (N-methyl/N-ethyl adjacent to an activating group) is 1. The van der Waals surface area contributed by atoms with Crippen LogP contribution in [0, 0.1) is 6.92 Å². The normalized spacial score (nSPS) is 11.4. The summed E-state index contributed by atoms with van der Waals surface area (Å²) < 4.78 is 0. The molecule has 94 valence electrons. The second kappa shape index (κ2) is 4.91. The molecule has 0 amide bonds. The zero-order valence-corrected chi connectivity index (χ0v) is 11.8. The molecule has 0 spiro atoms. The van der Waals surface area contributed by atoms with Crippen molar-refractivity contribution in [2.45, 2.75) is 40.0 Å². The van der Waals surface area contributed by atoms with Crippen molar-refractivity contribution in [2.75, 3.05) is 18.5 Å². The standard InChI is InChI=1S/C15H23NO/c1-11-7-8-13(15(3,4)5)9-14(11)16(6)10-12(2)17/h7-9H,10H2,1-6H3.